The van der Waals surface area contributed by atoms with Gasteiger partial charge in [-0.1, -0.05) is 60.8 Å². The number of carboxylic acids is 1. The third kappa shape index (κ3) is 13.3. The van der Waals surface area contributed by atoms with Crippen LogP contribution in [0.2, 0.25) is 0 Å². The number of aliphatic hydroxyl groups excluding tert-OH is 1. The lowest BCUT2D eigenvalue weighted by Gasteiger charge is -2.40. The number of quaternary nitrogens is 1. The van der Waals surface area contributed by atoms with Crippen molar-refractivity contribution < 1.29 is 19.5 Å². The van der Waals surface area contributed by atoms with E-state index in [1.54, 1.807) is 13.8 Å². The molecule has 0 aliphatic carbocycles. The Bertz CT molecular complexity index is 305. The number of unbranched alkanes of at least 4 members (excludes halogenated alkanes) is 3. The first-order valence-corrected chi connectivity index (χ1v) is 10.3. The van der Waals surface area contributed by atoms with E-state index in [2.05, 4.69) is 20.8 Å². The Morgan fingerprint density at radius 1 is 0.960 bits per heavy atom. The van der Waals surface area contributed by atoms with Gasteiger partial charge >= 0.3 is 0 Å². The first kappa shape index (κ1) is 26.6. The van der Waals surface area contributed by atoms with Crippen molar-refractivity contribution in [3.05, 3.63) is 0 Å². The van der Waals surface area contributed by atoms with Crippen LogP contribution in [0, 0.1) is 5.41 Å². The van der Waals surface area contributed by atoms with E-state index in [0.29, 0.717) is 6.42 Å². The van der Waals surface area contributed by atoms with Crippen molar-refractivity contribution in [3.63, 3.8) is 0 Å². The zero-order valence-electron chi connectivity index (χ0n) is 18.1. The van der Waals surface area contributed by atoms with Crippen LogP contribution in [0.5, 0.6) is 0 Å². The van der Waals surface area contributed by atoms with Gasteiger partial charge in [0, 0.05) is 11.4 Å². The van der Waals surface area contributed by atoms with Gasteiger partial charge in [-0.05, 0) is 32.6 Å². The van der Waals surface area contributed by atoms with Crippen molar-refractivity contribution in [1.29, 1.82) is 0 Å². The predicted molar refractivity (Wildman–Crippen MR) is 105 cm³/mol. The van der Waals surface area contributed by atoms with Crippen LogP contribution in [0.25, 0.3) is 0 Å². The molecule has 0 fully saturated rings. The first-order chi connectivity index (χ1) is 11.6. The highest BCUT2D eigenvalue weighted by atomic mass is 16.4. The van der Waals surface area contributed by atoms with Crippen molar-refractivity contribution >= 4 is 5.97 Å². The van der Waals surface area contributed by atoms with Crippen LogP contribution < -0.4 is 5.11 Å². The standard InChI is InChI=1S/C15H34NO.C6H12O2/c1-5-8-11-16(12-9-6-2,13-10-7-3)14-15(4)17;1-4-6(2,3)5(7)8/h15,17H,5-14H2,1-4H3;4H2,1-3H3,(H,7,8)/q+1;/p-1. The minimum Gasteiger partial charge on any atom is -0.550 e. The summed E-state index contributed by atoms with van der Waals surface area (Å²) in [7, 11) is 0. The zero-order chi connectivity index (χ0) is 19.9. The normalized spacial score (nSPS) is 13.1. The number of carbonyl (C=O) groups is 1. The number of aliphatic carboxylic acids is 1. The van der Waals surface area contributed by atoms with E-state index in [0.717, 1.165) is 11.0 Å². The molecule has 0 bridgehead atoms. The van der Waals surface area contributed by atoms with Crippen LogP contribution in [0.4, 0.5) is 0 Å². The smallest absolute Gasteiger partial charge is 0.105 e. The monoisotopic (exact) mass is 359 g/mol. The van der Waals surface area contributed by atoms with E-state index in [-0.39, 0.29) is 6.10 Å². The molecular weight excluding hydrogens is 314 g/mol. The van der Waals surface area contributed by atoms with E-state index in [1.165, 1.54) is 58.2 Å². The third-order valence-corrected chi connectivity index (χ3v) is 5.05. The molecule has 0 radical (unpaired) electrons. The minimum absolute atomic E-state index is 0.166. The van der Waals surface area contributed by atoms with E-state index < -0.39 is 11.4 Å². The minimum atomic E-state index is -0.972. The highest BCUT2D eigenvalue weighted by Gasteiger charge is 2.27. The molecule has 0 aromatic heterocycles. The molecule has 152 valence electrons. The number of carboxylic acid groups (broad SMARTS) is 1. The predicted octanol–water partition coefficient (Wildman–Crippen LogP) is 3.76. The number of hydrogen-bond donors (Lipinski definition) is 1. The summed E-state index contributed by atoms with van der Waals surface area (Å²) in [6.07, 6.45) is 8.12. The molecule has 25 heavy (non-hydrogen) atoms. The molecule has 0 aromatic carbocycles. The molecule has 1 atom stereocenters. The lowest BCUT2D eigenvalue weighted by Crippen LogP contribution is -2.53. The van der Waals surface area contributed by atoms with Gasteiger partial charge < -0.3 is 19.5 Å². The molecule has 0 aromatic rings. The molecule has 0 rings (SSSR count). The second-order valence-electron chi connectivity index (χ2n) is 8.13. The first-order valence-electron chi connectivity index (χ1n) is 10.3. The van der Waals surface area contributed by atoms with Crippen molar-refractivity contribution in [1.82, 2.24) is 0 Å². The van der Waals surface area contributed by atoms with Gasteiger partial charge in [0.15, 0.2) is 0 Å². The molecule has 1 N–H and O–H groups in total. The maximum Gasteiger partial charge on any atom is 0.105 e. The van der Waals surface area contributed by atoms with Gasteiger partial charge in [0.1, 0.15) is 12.6 Å². The summed E-state index contributed by atoms with van der Waals surface area (Å²) in [5.41, 5.74) is -0.653. The number of nitrogens with zero attached hydrogens (tertiary/aromatic N) is 1. The Morgan fingerprint density at radius 3 is 1.48 bits per heavy atom. The maximum atomic E-state index is 10.1. The third-order valence-electron chi connectivity index (χ3n) is 5.05. The lowest BCUT2D eigenvalue weighted by molar-refractivity contribution is -0.931. The molecule has 0 aliphatic rings. The molecule has 0 spiro atoms. The second kappa shape index (κ2) is 14.5. The van der Waals surface area contributed by atoms with E-state index in [4.69, 9.17) is 0 Å². The van der Waals surface area contributed by atoms with Crippen molar-refractivity contribution in [3.8, 4) is 0 Å². The lowest BCUT2D eigenvalue weighted by atomic mass is 9.91. The van der Waals surface area contributed by atoms with Crippen molar-refractivity contribution in [2.24, 2.45) is 5.41 Å². The second-order valence-corrected chi connectivity index (χ2v) is 8.13. The topological polar surface area (TPSA) is 60.4 Å². The fourth-order valence-corrected chi connectivity index (χ4v) is 2.79. The van der Waals surface area contributed by atoms with Crippen molar-refractivity contribution in [2.75, 3.05) is 26.2 Å². The van der Waals surface area contributed by atoms with Gasteiger partial charge in [-0.25, -0.2) is 0 Å². The van der Waals surface area contributed by atoms with Crippen LogP contribution in [0.3, 0.4) is 0 Å². The number of aliphatic hydroxyl groups is 1. The average Bonchev–Trinajstić information content (AvgIpc) is 2.56. The van der Waals surface area contributed by atoms with E-state index in [1.807, 2.05) is 13.8 Å². The van der Waals surface area contributed by atoms with Crippen LogP contribution in [-0.4, -0.2) is 47.8 Å². The van der Waals surface area contributed by atoms with Gasteiger partial charge in [-0.15, -0.1) is 0 Å². The summed E-state index contributed by atoms with van der Waals surface area (Å²) >= 11 is 0. The van der Waals surface area contributed by atoms with Gasteiger partial charge in [-0.3, -0.25) is 0 Å². The molecule has 1 unspecified atom stereocenters. The van der Waals surface area contributed by atoms with Gasteiger partial charge in [-0.2, -0.15) is 0 Å². The van der Waals surface area contributed by atoms with Crippen LogP contribution >= 0.6 is 0 Å². The average molecular weight is 360 g/mol. The van der Waals surface area contributed by atoms with E-state index >= 15 is 0 Å². The Hall–Kier alpha value is -0.610. The Morgan fingerprint density at radius 2 is 1.32 bits per heavy atom. The fraction of sp³-hybridized carbons (Fsp3) is 0.952. The largest absolute Gasteiger partial charge is 0.550 e. The molecule has 4 heteroatoms. The summed E-state index contributed by atoms with van der Waals surface area (Å²) in [4.78, 5) is 10.1. The number of rotatable bonds is 13. The fourth-order valence-electron chi connectivity index (χ4n) is 2.79. The maximum absolute atomic E-state index is 10.1. The molecular formula is C21H45NO3. The van der Waals surface area contributed by atoms with Crippen LogP contribution in [0.1, 0.15) is 93.4 Å². The highest BCUT2D eigenvalue weighted by Crippen LogP contribution is 2.17. The molecule has 0 heterocycles. The van der Waals surface area contributed by atoms with Gasteiger partial charge in [0.05, 0.1) is 19.6 Å². The quantitative estimate of drug-likeness (QED) is 0.509. The summed E-state index contributed by atoms with van der Waals surface area (Å²) in [6.45, 7) is 18.6. The Kier molecular flexibility index (Phi) is 15.5. The van der Waals surface area contributed by atoms with Crippen molar-refractivity contribution in [2.45, 2.75) is 99.5 Å². The summed E-state index contributed by atoms with van der Waals surface area (Å²) < 4.78 is 1.15. The molecule has 0 aliphatic heterocycles. The Labute approximate surface area is 157 Å². The molecule has 0 saturated carbocycles. The van der Waals surface area contributed by atoms with Gasteiger partial charge in [0.25, 0.3) is 0 Å². The SMILES string of the molecule is CCC(C)(C)C(=O)[O-].CCCC[N+](CCCC)(CCCC)CC(C)O. The highest BCUT2D eigenvalue weighted by molar-refractivity contribution is 5.71. The molecule has 0 saturated heterocycles. The van der Waals surface area contributed by atoms with Crippen LogP contribution in [-0.2, 0) is 4.79 Å². The number of hydrogen-bond acceptors (Lipinski definition) is 3. The van der Waals surface area contributed by atoms with Gasteiger partial charge in [0.2, 0.25) is 0 Å². The summed E-state index contributed by atoms with van der Waals surface area (Å²) in [6, 6.07) is 0. The molecule has 0 amide bonds. The molecule has 4 nitrogen and oxygen atoms in total. The zero-order valence-corrected chi connectivity index (χ0v) is 18.1. The number of carbonyl (C=O) groups excluding carboxylic acids is 1. The summed E-state index contributed by atoms with van der Waals surface area (Å²) in [5, 5.41) is 19.9. The summed E-state index contributed by atoms with van der Waals surface area (Å²) in [5.74, 6) is -0.972. The van der Waals surface area contributed by atoms with E-state index in [9.17, 15) is 15.0 Å². The van der Waals surface area contributed by atoms with Crippen LogP contribution in [0.15, 0.2) is 0 Å². The Balaban J connectivity index is 0.